The van der Waals surface area contributed by atoms with Crippen molar-refractivity contribution in [2.75, 3.05) is 30.9 Å². The maximum atomic E-state index is 11.8. The first kappa shape index (κ1) is 16.2. The molecule has 1 atom stereocenters. The number of aliphatic hydroxyl groups is 1. The Bertz CT molecular complexity index is 418. The summed E-state index contributed by atoms with van der Waals surface area (Å²) in [5.41, 5.74) is 0.620. The molecule has 0 aliphatic rings. The van der Waals surface area contributed by atoms with Gasteiger partial charge in [0.15, 0.2) is 0 Å². The highest BCUT2D eigenvalue weighted by molar-refractivity contribution is 5.89. The topological polar surface area (TPSA) is 77.5 Å². The zero-order valence-corrected chi connectivity index (χ0v) is 12.6. The van der Waals surface area contributed by atoms with Gasteiger partial charge >= 0.3 is 6.03 Å². The Morgan fingerprint density at radius 1 is 1.40 bits per heavy atom. The van der Waals surface area contributed by atoms with E-state index in [0.29, 0.717) is 11.6 Å². The predicted molar refractivity (Wildman–Crippen MR) is 81.0 cm³/mol. The standard InChI is InChI=1S/C14H24N4O2/c1-10(2)7-12(9-19)17-14(20)16-11-5-6-13(15-8-11)18(3)4/h5-6,8,10,12,19H,7,9H2,1-4H3,(H2,16,17,20). The Morgan fingerprint density at radius 2 is 2.10 bits per heavy atom. The van der Waals surface area contributed by atoms with Crippen molar-refractivity contribution < 1.29 is 9.90 Å². The van der Waals surface area contributed by atoms with Crippen molar-refractivity contribution in [1.82, 2.24) is 10.3 Å². The van der Waals surface area contributed by atoms with Crippen LogP contribution in [0.5, 0.6) is 0 Å². The van der Waals surface area contributed by atoms with Crippen molar-refractivity contribution in [3.05, 3.63) is 18.3 Å². The minimum absolute atomic E-state index is 0.0661. The molecule has 0 aliphatic heterocycles. The van der Waals surface area contributed by atoms with Gasteiger partial charge in [-0.15, -0.1) is 0 Å². The Kier molecular flexibility index (Phi) is 6.24. The van der Waals surface area contributed by atoms with Crippen LogP contribution in [-0.2, 0) is 0 Å². The number of nitrogens with zero attached hydrogens (tertiary/aromatic N) is 2. The zero-order valence-electron chi connectivity index (χ0n) is 12.6. The minimum atomic E-state index is -0.330. The number of aliphatic hydroxyl groups excluding tert-OH is 1. The van der Waals surface area contributed by atoms with Gasteiger partial charge in [-0.25, -0.2) is 9.78 Å². The normalized spacial score (nSPS) is 12.1. The Morgan fingerprint density at radius 3 is 2.55 bits per heavy atom. The summed E-state index contributed by atoms with van der Waals surface area (Å²) in [5, 5.41) is 14.7. The van der Waals surface area contributed by atoms with E-state index >= 15 is 0 Å². The number of urea groups is 1. The predicted octanol–water partition coefficient (Wildman–Crippen LogP) is 1.68. The number of carbonyl (C=O) groups excluding carboxylic acids is 1. The summed E-state index contributed by atoms with van der Waals surface area (Å²) in [5.74, 6) is 1.23. The minimum Gasteiger partial charge on any atom is -0.394 e. The Hall–Kier alpha value is -1.82. The average molecular weight is 280 g/mol. The second kappa shape index (κ2) is 7.69. The van der Waals surface area contributed by atoms with E-state index in [1.807, 2.05) is 38.9 Å². The molecule has 0 saturated carbocycles. The van der Waals surface area contributed by atoms with Crippen molar-refractivity contribution in [3.8, 4) is 0 Å². The molecule has 3 N–H and O–H groups in total. The second-order valence-corrected chi connectivity index (χ2v) is 5.41. The lowest BCUT2D eigenvalue weighted by atomic mass is 10.0. The van der Waals surface area contributed by atoms with E-state index in [1.54, 1.807) is 12.3 Å². The number of nitrogens with one attached hydrogen (secondary N) is 2. The third kappa shape index (κ3) is 5.44. The fourth-order valence-corrected chi connectivity index (χ4v) is 1.83. The van der Waals surface area contributed by atoms with Crippen LogP contribution >= 0.6 is 0 Å². The van der Waals surface area contributed by atoms with Crippen LogP contribution in [0.15, 0.2) is 18.3 Å². The molecular formula is C14H24N4O2. The molecule has 0 bridgehead atoms. The van der Waals surface area contributed by atoms with E-state index in [1.165, 1.54) is 0 Å². The molecule has 2 amide bonds. The van der Waals surface area contributed by atoms with Gasteiger partial charge in [0.05, 0.1) is 24.5 Å². The molecule has 6 heteroatoms. The molecule has 0 fully saturated rings. The number of pyridine rings is 1. The average Bonchev–Trinajstić information content (AvgIpc) is 2.37. The first-order valence-electron chi connectivity index (χ1n) is 6.74. The highest BCUT2D eigenvalue weighted by atomic mass is 16.3. The smallest absolute Gasteiger partial charge is 0.319 e. The molecule has 1 aromatic rings. The summed E-state index contributed by atoms with van der Waals surface area (Å²) in [6.07, 6.45) is 2.34. The van der Waals surface area contributed by atoms with Gasteiger partial charge in [-0.1, -0.05) is 13.8 Å². The second-order valence-electron chi connectivity index (χ2n) is 5.41. The van der Waals surface area contributed by atoms with Gasteiger partial charge in [0, 0.05) is 14.1 Å². The summed E-state index contributed by atoms with van der Waals surface area (Å²) >= 11 is 0. The zero-order chi connectivity index (χ0) is 15.1. The van der Waals surface area contributed by atoms with Gasteiger partial charge in [0.2, 0.25) is 0 Å². The Balaban J connectivity index is 2.52. The fourth-order valence-electron chi connectivity index (χ4n) is 1.83. The molecule has 112 valence electrons. The number of hydrogen-bond acceptors (Lipinski definition) is 4. The molecule has 1 rings (SSSR count). The highest BCUT2D eigenvalue weighted by Gasteiger charge is 2.13. The fraction of sp³-hybridized carbons (Fsp3) is 0.571. The molecule has 1 unspecified atom stereocenters. The number of rotatable bonds is 6. The first-order chi connectivity index (χ1) is 9.42. The van der Waals surface area contributed by atoms with Crippen LogP contribution in [0.25, 0.3) is 0 Å². The summed E-state index contributed by atoms with van der Waals surface area (Å²) in [4.78, 5) is 17.9. The van der Waals surface area contributed by atoms with Gasteiger partial charge < -0.3 is 20.6 Å². The van der Waals surface area contributed by atoms with Crippen molar-refractivity contribution in [1.29, 1.82) is 0 Å². The van der Waals surface area contributed by atoms with Crippen LogP contribution in [0.3, 0.4) is 0 Å². The molecule has 6 nitrogen and oxygen atoms in total. The van der Waals surface area contributed by atoms with E-state index in [-0.39, 0.29) is 18.7 Å². The van der Waals surface area contributed by atoms with Crippen LogP contribution in [-0.4, -0.2) is 42.9 Å². The maximum Gasteiger partial charge on any atom is 0.319 e. The van der Waals surface area contributed by atoms with Crippen LogP contribution in [0, 0.1) is 5.92 Å². The number of aromatic nitrogens is 1. The van der Waals surface area contributed by atoms with Gasteiger partial charge in [-0.3, -0.25) is 0 Å². The molecule has 0 saturated heterocycles. The number of hydrogen-bond donors (Lipinski definition) is 3. The SMILES string of the molecule is CC(C)CC(CO)NC(=O)Nc1ccc(N(C)C)nc1. The van der Waals surface area contributed by atoms with E-state index < -0.39 is 0 Å². The molecule has 0 radical (unpaired) electrons. The Labute approximate surface area is 120 Å². The van der Waals surface area contributed by atoms with Crippen molar-refractivity contribution in [3.63, 3.8) is 0 Å². The van der Waals surface area contributed by atoms with Crippen LogP contribution in [0.4, 0.5) is 16.3 Å². The summed E-state index contributed by atoms with van der Waals surface area (Å²) in [6, 6.07) is 3.05. The van der Waals surface area contributed by atoms with Gasteiger partial charge in [0.1, 0.15) is 5.82 Å². The van der Waals surface area contributed by atoms with E-state index in [9.17, 15) is 9.90 Å². The third-order valence-corrected chi connectivity index (χ3v) is 2.78. The molecule has 0 aromatic carbocycles. The van der Waals surface area contributed by atoms with Crippen LogP contribution in [0.1, 0.15) is 20.3 Å². The van der Waals surface area contributed by atoms with E-state index in [2.05, 4.69) is 15.6 Å². The number of anilines is 2. The highest BCUT2D eigenvalue weighted by Crippen LogP contribution is 2.11. The van der Waals surface area contributed by atoms with E-state index in [4.69, 9.17) is 0 Å². The first-order valence-corrected chi connectivity index (χ1v) is 6.74. The lowest BCUT2D eigenvalue weighted by Crippen LogP contribution is -2.41. The van der Waals surface area contributed by atoms with E-state index in [0.717, 1.165) is 12.2 Å². The lowest BCUT2D eigenvalue weighted by molar-refractivity contribution is 0.214. The van der Waals surface area contributed by atoms with Crippen molar-refractivity contribution >= 4 is 17.5 Å². The summed E-state index contributed by atoms with van der Waals surface area (Å²) < 4.78 is 0. The largest absolute Gasteiger partial charge is 0.394 e. The molecular weight excluding hydrogens is 256 g/mol. The van der Waals surface area contributed by atoms with Gasteiger partial charge in [0.25, 0.3) is 0 Å². The molecule has 20 heavy (non-hydrogen) atoms. The lowest BCUT2D eigenvalue weighted by Gasteiger charge is -2.18. The number of carbonyl (C=O) groups is 1. The quantitative estimate of drug-likeness (QED) is 0.741. The third-order valence-electron chi connectivity index (χ3n) is 2.78. The molecule has 0 aliphatic carbocycles. The molecule has 1 aromatic heterocycles. The molecule has 1 heterocycles. The molecule has 0 spiro atoms. The summed E-state index contributed by atoms with van der Waals surface area (Å²) in [6.45, 7) is 4.03. The number of amides is 2. The van der Waals surface area contributed by atoms with Crippen LogP contribution < -0.4 is 15.5 Å². The van der Waals surface area contributed by atoms with Crippen molar-refractivity contribution in [2.24, 2.45) is 5.92 Å². The monoisotopic (exact) mass is 280 g/mol. The maximum absolute atomic E-state index is 11.8. The van der Waals surface area contributed by atoms with Gasteiger partial charge in [-0.05, 0) is 24.5 Å². The summed E-state index contributed by atoms with van der Waals surface area (Å²) in [7, 11) is 3.81. The van der Waals surface area contributed by atoms with Gasteiger partial charge in [-0.2, -0.15) is 0 Å². The van der Waals surface area contributed by atoms with Crippen molar-refractivity contribution in [2.45, 2.75) is 26.3 Å². The van der Waals surface area contributed by atoms with Crippen LogP contribution in [0.2, 0.25) is 0 Å².